The van der Waals surface area contributed by atoms with Crippen LogP contribution in [0, 0.1) is 23.7 Å². The SMILES string of the molecule is CC(C)CCCCCCCCCCCCCCCCC(=O)O[C@H](COC(=O)CCCCCCCCC(C)C)COP(=O)(O)OCC(O)COP(=O)(O)OC[C@@H](COC(=O)CCCCCCCCCCCCCC(C)C)OC(=O)CCCCCCCCCCCCCCC(C)C. The average molecular weight is 1400 g/mol. The van der Waals surface area contributed by atoms with Gasteiger partial charge in [-0.1, -0.05) is 331 Å². The number of esters is 4. The molecular formula is C76H148O17P2. The maximum Gasteiger partial charge on any atom is 0.472 e. The highest BCUT2D eigenvalue weighted by atomic mass is 31.2. The highest BCUT2D eigenvalue weighted by Gasteiger charge is 2.30. The number of aliphatic hydroxyl groups is 1. The van der Waals surface area contributed by atoms with Gasteiger partial charge in [0.05, 0.1) is 26.4 Å². The van der Waals surface area contributed by atoms with Crippen molar-refractivity contribution in [2.24, 2.45) is 23.7 Å². The van der Waals surface area contributed by atoms with Crippen LogP contribution in [0.25, 0.3) is 0 Å². The second kappa shape index (κ2) is 65.4. The standard InChI is InChI=1S/C76H148O17P2/c1-66(2)52-44-36-28-22-16-11-9-10-12-19-26-32-42-50-58-76(81)93-72(63-87-74(79)57-49-41-35-34-39-47-55-69(7)8)65-91-95(84,85)89-61-70(77)60-88-94(82,83)90-64-71(62-86-73(78)56-48-40-31-25-21-15-18-24-30-38-46-54-68(5)6)92-75(80)59-51-43-33-27-20-14-13-17-23-29-37-45-53-67(3)4/h66-72,77H,9-65H2,1-8H3,(H,82,83)(H,84,85)/t70?,71-,72-/m1/s1. The van der Waals surface area contributed by atoms with Crippen LogP contribution in [-0.4, -0.2) is 96.7 Å². The number of ether oxygens (including phenoxy) is 4. The average Bonchev–Trinajstić information content (AvgIpc) is 1.52. The molecule has 0 saturated carbocycles. The summed E-state index contributed by atoms with van der Waals surface area (Å²) < 4.78 is 68.5. The maximum absolute atomic E-state index is 13.1. The zero-order valence-electron chi connectivity index (χ0n) is 62.3. The largest absolute Gasteiger partial charge is 0.472 e. The monoisotopic (exact) mass is 1400 g/mol. The molecule has 0 bridgehead atoms. The molecule has 0 heterocycles. The lowest BCUT2D eigenvalue weighted by Crippen LogP contribution is -2.30. The fourth-order valence-electron chi connectivity index (χ4n) is 11.6. The second-order valence-electron chi connectivity index (χ2n) is 29.3. The van der Waals surface area contributed by atoms with Gasteiger partial charge in [-0.25, -0.2) is 9.13 Å². The molecule has 17 nitrogen and oxygen atoms in total. The molecule has 19 heteroatoms. The maximum atomic E-state index is 13.1. The first-order chi connectivity index (χ1) is 45.6. The quantitative estimate of drug-likeness (QED) is 0.0222. The molecule has 0 aliphatic rings. The second-order valence-corrected chi connectivity index (χ2v) is 32.2. The number of phosphoric ester groups is 2. The van der Waals surface area contributed by atoms with Gasteiger partial charge in [0.25, 0.3) is 0 Å². The summed E-state index contributed by atoms with van der Waals surface area (Å²) in [5, 5.41) is 10.6. The van der Waals surface area contributed by atoms with Crippen molar-refractivity contribution < 1.29 is 80.2 Å². The van der Waals surface area contributed by atoms with E-state index in [1.807, 2.05) is 0 Å². The molecule has 0 aliphatic carbocycles. The molecule has 95 heavy (non-hydrogen) atoms. The summed E-state index contributed by atoms with van der Waals surface area (Å²) in [4.78, 5) is 72.8. The Morgan fingerprint density at radius 1 is 0.263 bits per heavy atom. The van der Waals surface area contributed by atoms with Crippen LogP contribution in [0.4, 0.5) is 0 Å². The van der Waals surface area contributed by atoms with Gasteiger partial charge in [0.1, 0.15) is 19.3 Å². The van der Waals surface area contributed by atoms with Crippen LogP contribution >= 0.6 is 15.6 Å². The molecule has 0 saturated heterocycles. The summed E-state index contributed by atoms with van der Waals surface area (Å²) in [6.45, 7) is 14.2. The molecule has 5 atom stereocenters. The molecule has 0 aliphatic heterocycles. The number of carbonyl (C=O) groups is 4. The molecule has 0 aromatic carbocycles. The lowest BCUT2D eigenvalue weighted by molar-refractivity contribution is -0.161. The minimum Gasteiger partial charge on any atom is -0.462 e. The first-order valence-electron chi connectivity index (χ1n) is 39.2. The Morgan fingerprint density at radius 2 is 0.442 bits per heavy atom. The Hall–Kier alpha value is -1.94. The third-order valence-corrected chi connectivity index (χ3v) is 19.5. The first kappa shape index (κ1) is 93.1. The highest BCUT2D eigenvalue weighted by molar-refractivity contribution is 7.47. The number of aliphatic hydroxyl groups excluding tert-OH is 1. The molecule has 0 fully saturated rings. The van der Waals surface area contributed by atoms with E-state index in [0.717, 1.165) is 114 Å². The van der Waals surface area contributed by atoms with E-state index in [1.54, 1.807) is 0 Å². The van der Waals surface area contributed by atoms with Gasteiger partial charge in [0.15, 0.2) is 12.2 Å². The molecule has 0 radical (unpaired) electrons. The Bertz CT molecular complexity index is 1870. The molecule has 0 aromatic rings. The van der Waals surface area contributed by atoms with Gasteiger partial charge in [0, 0.05) is 25.7 Å². The molecular weight excluding hydrogens is 1250 g/mol. The smallest absolute Gasteiger partial charge is 0.462 e. The Kier molecular flexibility index (Phi) is 64.0. The summed E-state index contributed by atoms with van der Waals surface area (Å²) in [5.41, 5.74) is 0. The topological polar surface area (TPSA) is 237 Å². The van der Waals surface area contributed by atoms with Gasteiger partial charge in [0.2, 0.25) is 0 Å². The molecule has 3 unspecified atom stereocenters. The fourth-order valence-corrected chi connectivity index (χ4v) is 13.1. The van der Waals surface area contributed by atoms with E-state index in [2.05, 4.69) is 55.4 Å². The normalized spacial score (nSPS) is 14.1. The van der Waals surface area contributed by atoms with Crippen molar-refractivity contribution in [3.63, 3.8) is 0 Å². The summed E-state index contributed by atoms with van der Waals surface area (Å²) in [7, 11) is -9.91. The van der Waals surface area contributed by atoms with E-state index in [1.165, 1.54) is 180 Å². The number of unbranched alkanes of at least 4 members (excludes halogenated alkanes) is 39. The zero-order valence-corrected chi connectivity index (χ0v) is 64.1. The van der Waals surface area contributed by atoms with Crippen molar-refractivity contribution in [1.82, 2.24) is 0 Å². The van der Waals surface area contributed by atoms with Crippen LogP contribution in [0.15, 0.2) is 0 Å². The van der Waals surface area contributed by atoms with Crippen LogP contribution in [0.3, 0.4) is 0 Å². The van der Waals surface area contributed by atoms with Gasteiger partial charge in [-0.05, 0) is 49.4 Å². The van der Waals surface area contributed by atoms with E-state index in [-0.39, 0.29) is 25.7 Å². The van der Waals surface area contributed by atoms with E-state index >= 15 is 0 Å². The molecule has 0 spiro atoms. The number of hydrogen-bond donors (Lipinski definition) is 3. The fraction of sp³-hybridized carbons (Fsp3) is 0.947. The van der Waals surface area contributed by atoms with Crippen molar-refractivity contribution in [2.75, 3.05) is 39.6 Å². The van der Waals surface area contributed by atoms with Gasteiger partial charge < -0.3 is 33.8 Å². The predicted molar refractivity (Wildman–Crippen MR) is 386 cm³/mol. The van der Waals surface area contributed by atoms with Gasteiger partial charge >= 0.3 is 39.5 Å². The number of hydrogen-bond acceptors (Lipinski definition) is 15. The van der Waals surface area contributed by atoms with Gasteiger partial charge in [-0.15, -0.1) is 0 Å². The highest BCUT2D eigenvalue weighted by Crippen LogP contribution is 2.45. The number of carbonyl (C=O) groups excluding carboxylic acids is 4. The van der Waals surface area contributed by atoms with Gasteiger partial charge in [-0.2, -0.15) is 0 Å². The van der Waals surface area contributed by atoms with E-state index in [4.69, 9.17) is 37.0 Å². The molecule has 564 valence electrons. The molecule has 0 aromatic heterocycles. The number of phosphoric acid groups is 2. The Morgan fingerprint density at radius 3 is 0.653 bits per heavy atom. The Labute approximate surface area is 581 Å². The van der Waals surface area contributed by atoms with Crippen LogP contribution < -0.4 is 0 Å². The summed E-state index contributed by atoms with van der Waals surface area (Å²) in [5.74, 6) is 0.900. The van der Waals surface area contributed by atoms with Crippen molar-refractivity contribution in [2.45, 2.75) is 401 Å². The van der Waals surface area contributed by atoms with Crippen LogP contribution in [0.1, 0.15) is 383 Å². The van der Waals surface area contributed by atoms with Crippen LogP contribution in [0.2, 0.25) is 0 Å². The minimum atomic E-state index is -4.96. The third-order valence-electron chi connectivity index (χ3n) is 17.6. The van der Waals surface area contributed by atoms with Crippen molar-refractivity contribution >= 4 is 39.5 Å². The summed E-state index contributed by atoms with van der Waals surface area (Å²) >= 11 is 0. The van der Waals surface area contributed by atoms with Crippen LogP contribution in [0.5, 0.6) is 0 Å². The van der Waals surface area contributed by atoms with E-state index in [0.29, 0.717) is 31.6 Å². The van der Waals surface area contributed by atoms with Crippen molar-refractivity contribution in [3.8, 4) is 0 Å². The lowest BCUT2D eigenvalue weighted by atomic mass is 10.0. The minimum absolute atomic E-state index is 0.106. The molecule has 0 rings (SSSR count). The predicted octanol–water partition coefficient (Wildman–Crippen LogP) is 22.0. The molecule has 3 N–H and O–H groups in total. The third kappa shape index (κ3) is 70.3. The van der Waals surface area contributed by atoms with Crippen molar-refractivity contribution in [1.29, 1.82) is 0 Å². The van der Waals surface area contributed by atoms with Crippen LogP contribution in [-0.2, 0) is 65.4 Å². The summed E-state index contributed by atoms with van der Waals surface area (Å²) in [6, 6.07) is 0. The number of rotatable bonds is 73. The van der Waals surface area contributed by atoms with Crippen molar-refractivity contribution in [3.05, 3.63) is 0 Å². The van der Waals surface area contributed by atoms with E-state index < -0.39 is 97.5 Å². The molecule has 0 amide bonds. The zero-order chi connectivity index (χ0) is 70.3. The first-order valence-corrected chi connectivity index (χ1v) is 42.2. The van der Waals surface area contributed by atoms with E-state index in [9.17, 15) is 43.2 Å². The Balaban J connectivity index is 5.23. The van der Waals surface area contributed by atoms with Gasteiger partial charge in [-0.3, -0.25) is 37.3 Å². The lowest BCUT2D eigenvalue weighted by Gasteiger charge is -2.21. The summed E-state index contributed by atoms with van der Waals surface area (Å²) in [6.07, 6.45) is 50.0.